The van der Waals surface area contributed by atoms with Gasteiger partial charge in [-0.05, 0) is 133 Å². The fraction of sp³-hybridized carbons (Fsp3) is 0. The van der Waals surface area contributed by atoms with Crippen LogP contribution >= 0.6 is 0 Å². The Morgan fingerprint density at radius 1 is 0.183 bits per heavy atom. The molecule has 5 nitrogen and oxygen atoms in total. The summed E-state index contributed by atoms with van der Waals surface area (Å²) in [5.41, 5.74) is 16.2. The van der Waals surface area contributed by atoms with Gasteiger partial charge in [0.2, 0.25) is 0 Å². The molecule has 3 aromatic heterocycles. The van der Waals surface area contributed by atoms with E-state index < -0.39 is 0 Å². The maximum Gasteiger partial charge on any atom is 0.164 e. The largest absolute Gasteiger partial charge is 0.265 e. The lowest BCUT2D eigenvalue weighted by Gasteiger charge is -2.14. The van der Waals surface area contributed by atoms with Gasteiger partial charge in [0.1, 0.15) is 0 Å². The van der Waals surface area contributed by atoms with Crippen molar-refractivity contribution in [3.05, 3.63) is 225 Å². The summed E-state index contributed by atoms with van der Waals surface area (Å²) in [6.45, 7) is 0. The van der Waals surface area contributed by atoms with Gasteiger partial charge in [-0.25, -0.2) is 15.0 Å². The Morgan fingerprint density at radius 3 is 0.783 bits per heavy atom. The number of aromatic nitrogens is 5. The van der Waals surface area contributed by atoms with Crippen LogP contribution in [0.4, 0.5) is 0 Å². The number of benzene rings is 7. The summed E-state index contributed by atoms with van der Waals surface area (Å²) in [5.74, 6) is 1.85. The van der Waals surface area contributed by atoms with Crippen LogP contribution in [0.1, 0.15) is 0 Å². The van der Waals surface area contributed by atoms with Crippen LogP contribution in [0, 0.1) is 0 Å². The van der Waals surface area contributed by atoms with E-state index in [1.54, 1.807) is 0 Å². The first-order valence-electron chi connectivity index (χ1n) is 20.0. The van der Waals surface area contributed by atoms with Crippen LogP contribution in [-0.4, -0.2) is 24.9 Å². The lowest BCUT2D eigenvalue weighted by molar-refractivity contribution is 1.07. The molecule has 0 atom stereocenters. The molecule has 60 heavy (non-hydrogen) atoms. The Balaban J connectivity index is 1.13. The van der Waals surface area contributed by atoms with E-state index in [0.29, 0.717) is 17.5 Å². The first kappa shape index (κ1) is 36.2. The molecule has 0 radical (unpaired) electrons. The predicted octanol–water partition coefficient (Wildman–Crippen LogP) is 13.7. The molecule has 7 aromatic carbocycles. The molecule has 0 saturated heterocycles. The van der Waals surface area contributed by atoms with E-state index in [4.69, 9.17) is 15.0 Å². The summed E-state index contributed by atoms with van der Waals surface area (Å²) in [4.78, 5) is 23.7. The summed E-state index contributed by atoms with van der Waals surface area (Å²) >= 11 is 0. The zero-order valence-electron chi connectivity index (χ0n) is 32.6. The molecule has 0 N–H and O–H groups in total. The average molecular weight is 768 g/mol. The van der Waals surface area contributed by atoms with Crippen LogP contribution in [0.3, 0.4) is 0 Å². The van der Waals surface area contributed by atoms with Crippen LogP contribution in [-0.2, 0) is 0 Å². The second kappa shape index (κ2) is 16.4. The van der Waals surface area contributed by atoms with E-state index >= 15 is 0 Å². The normalized spacial score (nSPS) is 11.0. The lowest BCUT2D eigenvalue weighted by atomic mass is 9.92. The Labute approximate surface area is 349 Å². The van der Waals surface area contributed by atoms with Crippen molar-refractivity contribution in [1.29, 1.82) is 0 Å². The van der Waals surface area contributed by atoms with Gasteiger partial charge in [-0.1, -0.05) is 133 Å². The minimum atomic E-state index is 0.605. The van der Waals surface area contributed by atoms with Gasteiger partial charge in [0.15, 0.2) is 17.5 Å². The predicted molar refractivity (Wildman–Crippen MR) is 244 cm³/mol. The van der Waals surface area contributed by atoms with Crippen LogP contribution in [0.5, 0.6) is 0 Å². The van der Waals surface area contributed by atoms with E-state index in [2.05, 4.69) is 125 Å². The fourth-order valence-corrected chi connectivity index (χ4v) is 7.63. The highest BCUT2D eigenvalue weighted by Crippen LogP contribution is 2.37. The van der Waals surface area contributed by atoms with Crippen LogP contribution in [0.15, 0.2) is 225 Å². The topological polar surface area (TPSA) is 64.5 Å². The van der Waals surface area contributed by atoms with Crippen molar-refractivity contribution in [2.75, 3.05) is 0 Å². The van der Waals surface area contributed by atoms with Crippen LogP contribution in [0.25, 0.3) is 101 Å². The highest BCUT2D eigenvalue weighted by Gasteiger charge is 2.16. The highest BCUT2D eigenvalue weighted by atomic mass is 15.0. The second-order valence-electron chi connectivity index (χ2n) is 14.6. The van der Waals surface area contributed by atoms with Gasteiger partial charge >= 0.3 is 0 Å². The number of hydrogen-bond donors (Lipinski definition) is 0. The number of rotatable bonds is 9. The standard InChI is InChI=1S/C55H37N5/c1-3-11-40(12-4-1)53-58-54(41-13-5-2-6-14-41)60-55(59-53)52-36-50(48-21-9-19-46(33-48)44-17-7-15-42(31-44)38-23-27-56-28-24-38)35-51(37-52)49-22-10-20-47(34-49)45-18-8-16-43(32-45)39-25-29-57-30-26-39/h1-37H. The minimum Gasteiger partial charge on any atom is -0.265 e. The summed E-state index contributed by atoms with van der Waals surface area (Å²) in [6, 6.07) is 70.0. The molecule has 0 aliphatic carbocycles. The van der Waals surface area contributed by atoms with E-state index in [-0.39, 0.29) is 0 Å². The molecular formula is C55H37N5. The summed E-state index contributed by atoms with van der Waals surface area (Å²) in [5, 5.41) is 0. The molecule has 0 unspecified atom stereocenters. The zero-order valence-corrected chi connectivity index (χ0v) is 32.6. The third kappa shape index (κ3) is 7.76. The summed E-state index contributed by atoms with van der Waals surface area (Å²) in [6.07, 6.45) is 7.34. The van der Waals surface area contributed by atoms with Crippen LogP contribution in [0.2, 0.25) is 0 Å². The third-order valence-corrected chi connectivity index (χ3v) is 10.7. The monoisotopic (exact) mass is 767 g/mol. The number of nitrogens with zero attached hydrogens (tertiary/aromatic N) is 5. The number of hydrogen-bond acceptors (Lipinski definition) is 5. The molecule has 3 heterocycles. The van der Waals surface area contributed by atoms with Crippen molar-refractivity contribution in [2.24, 2.45) is 0 Å². The molecular weight excluding hydrogens is 731 g/mol. The summed E-state index contributed by atoms with van der Waals surface area (Å²) in [7, 11) is 0. The second-order valence-corrected chi connectivity index (χ2v) is 14.6. The first-order chi connectivity index (χ1) is 29.7. The molecule has 0 bridgehead atoms. The van der Waals surface area contributed by atoms with Crippen molar-refractivity contribution in [3.8, 4) is 101 Å². The van der Waals surface area contributed by atoms with Gasteiger partial charge in [0.05, 0.1) is 0 Å². The third-order valence-electron chi connectivity index (χ3n) is 10.7. The van der Waals surface area contributed by atoms with Gasteiger partial charge in [0.25, 0.3) is 0 Å². The molecule has 10 rings (SSSR count). The highest BCUT2D eigenvalue weighted by molar-refractivity contribution is 5.85. The van der Waals surface area contributed by atoms with E-state index in [1.165, 1.54) is 0 Å². The minimum absolute atomic E-state index is 0.605. The fourth-order valence-electron chi connectivity index (χ4n) is 7.63. The molecule has 5 heteroatoms. The lowest BCUT2D eigenvalue weighted by Crippen LogP contribution is -2.00. The quantitative estimate of drug-likeness (QED) is 0.146. The summed E-state index contributed by atoms with van der Waals surface area (Å²) < 4.78 is 0. The molecule has 0 amide bonds. The first-order valence-corrected chi connectivity index (χ1v) is 20.0. The van der Waals surface area contributed by atoms with E-state index in [9.17, 15) is 0 Å². The van der Waals surface area contributed by atoms with E-state index in [1.807, 2.05) is 110 Å². The maximum atomic E-state index is 5.15. The van der Waals surface area contributed by atoms with Crippen molar-refractivity contribution in [1.82, 2.24) is 24.9 Å². The Kier molecular flexibility index (Phi) is 9.88. The van der Waals surface area contributed by atoms with Gasteiger partial charge in [-0.2, -0.15) is 0 Å². The Bertz CT molecular complexity index is 2880. The van der Waals surface area contributed by atoms with Gasteiger partial charge in [-0.3, -0.25) is 9.97 Å². The van der Waals surface area contributed by atoms with Crippen molar-refractivity contribution >= 4 is 0 Å². The number of pyridine rings is 2. The van der Waals surface area contributed by atoms with Gasteiger partial charge in [0, 0.05) is 41.5 Å². The van der Waals surface area contributed by atoms with E-state index in [0.717, 1.165) is 83.5 Å². The Morgan fingerprint density at radius 2 is 0.433 bits per heavy atom. The molecule has 0 aliphatic rings. The van der Waals surface area contributed by atoms with Crippen molar-refractivity contribution < 1.29 is 0 Å². The average Bonchev–Trinajstić information content (AvgIpc) is 3.35. The van der Waals surface area contributed by atoms with Gasteiger partial charge < -0.3 is 0 Å². The molecule has 0 fully saturated rings. The molecule has 0 saturated carbocycles. The molecule has 0 spiro atoms. The van der Waals surface area contributed by atoms with Crippen molar-refractivity contribution in [2.45, 2.75) is 0 Å². The van der Waals surface area contributed by atoms with Crippen LogP contribution < -0.4 is 0 Å². The molecule has 282 valence electrons. The Hall–Kier alpha value is -8.15. The SMILES string of the molecule is c1ccc(-c2nc(-c3ccccc3)nc(-c3cc(-c4cccc(-c5cccc(-c6ccncc6)c5)c4)cc(-c4cccc(-c5cccc(-c6ccncc6)c5)c4)c3)n2)cc1. The van der Waals surface area contributed by atoms with Crippen molar-refractivity contribution in [3.63, 3.8) is 0 Å². The smallest absolute Gasteiger partial charge is 0.164 e. The zero-order chi connectivity index (χ0) is 40.1. The van der Waals surface area contributed by atoms with Gasteiger partial charge in [-0.15, -0.1) is 0 Å². The molecule has 0 aliphatic heterocycles. The maximum absolute atomic E-state index is 5.15. The molecule has 10 aromatic rings.